The van der Waals surface area contributed by atoms with E-state index in [1.54, 1.807) is 25.1 Å². The monoisotopic (exact) mass is 347 g/mol. The van der Waals surface area contributed by atoms with Gasteiger partial charge in [-0.25, -0.2) is 4.79 Å². The van der Waals surface area contributed by atoms with Gasteiger partial charge in [0.25, 0.3) is 0 Å². The van der Waals surface area contributed by atoms with E-state index < -0.39 is 18.1 Å². The molecule has 1 aliphatic heterocycles. The molecule has 2 amide bonds. The lowest BCUT2D eigenvalue weighted by Crippen LogP contribution is -2.51. The molecule has 7 nitrogen and oxygen atoms in total. The molecule has 2 rings (SSSR count). The highest BCUT2D eigenvalue weighted by Gasteiger charge is 2.37. The van der Waals surface area contributed by atoms with Crippen LogP contribution in [0.15, 0.2) is 18.2 Å². The molecule has 0 aromatic heterocycles. The fourth-order valence-electron chi connectivity index (χ4n) is 3.05. The standard InChI is InChI=1S/C18H25N3O4/c1-10(2)15(19)17(23)21-9-5-8-13(21)16(22)20-12-7-4-6-11(3)14(12)18(24)25/h4,6-7,10,13,15H,5,8-9,19H2,1-3H3,(H,20,22)(H,24,25). The first-order valence-corrected chi connectivity index (χ1v) is 8.43. The number of nitrogens with two attached hydrogens (primary N) is 1. The summed E-state index contributed by atoms with van der Waals surface area (Å²) in [7, 11) is 0. The Labute approximate surface area is 147 Å². The number of nitrogens with zero attached hydrogens (tertiary/aromatic N) is 1. The van der Waals surface area contributed by atoms with Gasteiger partial charge in [0.2, 0.25) is 11.8 Å². The normalized spacial score (nSPS) is 18.3. The average Bonchev–Trinajstić information content (AvgIpc) is 3.02. The molecule has 136 valence electrons. The zero-order valence-electron chi connectivity index (χ0n) is 14.8. The van der Waals surface area contributed by atoms with E-state index in [0.717, 1.165) is 0 Å². The number of rotatable bonds is 5. The van der Waals surface area contributed by atoms with Crippen molar-refractivity contribution in [1.82, 2.24) is 4.90 Å². The predicted molar refractivity (Wildman–Crippen MR) is 94.3 cm³/mol. The Morgan fingerprint density at radius 3 is 2.60 bits per heavy atom. The molecule has 0 spiro atoms. The molecule has 7 heteroatoms. The van der Waals surface area contributed by atoms with Gasteiger partial charge in [0.05, 0.1) is 17.3 Å². The van der Waals surface area contributed by atoms with Crippen LogP contribution >= 0.6 is 0 Å². The van der Waals surface area contributed by atoms with Crippen LogP contribution in [0.4, 0.5) is 5.69 Å². The summed E-state index contributed by atoms with van der Waals surface area (Å²) in [6.07, 6.45) is 1.25. The second-order valence-electron chi connectivity index (χ2n) is 6.75. The van der Waals surface area contributed by atoms with Crippen molar-refractivity contribution in [2.75, 3.05) is 11.9 Å². The first kappa shape index (κ1) is 18.9. The fraction of sp³-hybridized carbons (Fsp3) is 0.500. The largest absolute Gasteiger partial charge is 0.478 e. The number of carboxylic acid groups (broad SMARTS) is 1. The van der Waals surface area contributed by atoms with Crippen LogP contribution < -0.4 is 11.1 Å². The Kier molecular flexibility index (Phi) is 5.79. The van der Waals surface area contributed by atoms with Crippen LogP contribution in [0.25, 0.3) is 0 Å². The van der Waals surface area contributed by atoms with Gasteiger partial charge >= 0.3 is 5.97 Å². The van der Waals surface area contributed by atoms with Gasteiger partial charge in [-0.05, 0) is 37.3 Å². The number of hydrogen-bond donors (Lipinski definition) is 3. The van der Waals surface area contributed by atoms with Gasteiger partial charge < -0.3 is 21.1 Å². The summed E-state index contributed by atoms with van der Waals surface area (Å²) in [6.45, 7) is 5.88. The number of amides is 2. The molecule has 25 heavy (non-hydrogen) atoms. The molecule has 1 saturated heterocycles. The third-order valence-electron chi connectivity index (χ3n) is 4.59. The highest BCUT2D eigenvalue weighted by molar-refractivity contribution is 6.04. The minimum atomic E-state index is -1.10. The molecule has 1 aromatic carbocycles. The zero-order valence-corrected chi connectivity index (χ0v) is 14.8. The van der Waals surface area contributed by atoms with Gasteiger partial charge in [0, 0.05) is 6.54 Å². The second-order valence-corrected chi connectivity index (χ2v) is 6.75. The maximum Gasteiger partial charge on any atom is 0.338 e. The lowest BCUT2D eigenvalue weighted by Gasteiger charge is -2.28. The van der Waals surface area contributed by atoms with Gasteiger partial charge in [-0.1, -0.05) is 26.0 Å². The molecule has 0 radical (unpaired) electrons. The van der Waals surface area contributed by atoms with E-state index in [-0.39, 0.29) is 29.0 Å². The van der Waals surface area contributed by atoms with Crippen LogP contribution in [0.5, 0.6) is 0 Å². The maximum absolute atomic E-state index is 12.7. The molecule has 4 N–H and O–H groups in total. The van der Waals surface area contributed by atoms with E-state index in [4.69, 9.17) is 5.73 Å². The van der Waals surface area contributed by atoms with Crippen molar-refractivity contribution in [2.45, 2.75) is 45.7 Å². The van der Waals surface area contributed by atoms with Crippen molar-refractivity contribution in [3.05, 3.63) is 29.3 Å². The molecule has 0 bridgehead atoms. The van der Waals surface area contributed by atoms with Gasteiger partial charge in [0.1, 0.15) is 6.04 Å². The van der Waals surface area contributed by atoms with Gasteiger partial charge in [-0.2, -0.15) is 0 Å². The molecular formula is C18H25N3O4. The van der Waals surface area contributed by atoms with Crippen LogP contribution in [-0.2, 0) is 9.59 Å². The van der Waals surface area contributed by atoms with Crippen molar-refractivity contribution in [1.29, 1.82) is 0 Å². The number of anilines is 1. The molecule has 0 aliphatic carbocycles. The predicted octanol–water partition coefficient (Wildman–Crippen LogP) is 1.61. The first-order chi connectivity index (χ1) is 11.7. The van der Waals surface area contributed by atoms with Crippen LogP contribution in [0.3, 0.4) is 0 Å². The van der Waals surface area contributed by atoms with Crippen molar-refractivity contribution < 1.29 is 19.5 Å². The number of aromatic carboxylic acids is 1. The number of carboxylic acids is 1. The van der Waals surface area contributed by atoms with Crippen LogP contribution in [-0.4, -0.2) is 46.4 Å². The van der Waals surface area contributed by atoms with Crippen LogP contribution in [0.1, 0.15) is 42.6 Å². The fourth-order valence-corrected chi connectivity index (χ4v) is 3.05. The Bertz CT molecular complexity index is 687. The molecule has 2 atom stereocenters. The molecule has 1 heterocycles. The summed E-state index contributed by atoms with van der Waals surface area (Å²) in [5.74, 6) is -1.74. The number of likely N-dealkylation sites (tertiary alicyclic amines) is 1. The minimum Gasteiger partial charge on any atom is -0.478 e. The molecule has 1 fully saturated rings. The van der Waals surface area contributed by atoms with Crippen molar-refractivity contribution >= 4 is 23.5 Å². The highest BCUT2D eigenvalue weighted by atomic mass is 16.4. The Morgan fingerprint density at radius 1 is 1.32 bits per heavy atom. The number of benzene rings is 1. The summed E-state index contributed by atoms with van der Waals surface area (Å²) >= 11 is 0. The third kappa shape index (κ3) is 3.99. The lowest BCUT2D eigenvalue weighted by atomic mass is 10.0. The summed E-state index contributed by atoms with van der Waals surface area (Å²) in [6, 6.07) is 3.63. The van der Waals surface area contributed by atoms with Gasteiger partial charge in [0.15, 0.2) is 0 Å². The minimum absolute atomic E-state index is 0.0211. The quantitative estimate of drug-likeness (QED) is 0.749. The number of hydrogen-bond acceptors (Lipinski definition) is 4. The summed E-state index contributed by atoms with van der Waals surface area (Å²) in [5, 5.41) is 12.0. The SMILES string of the molecule is Cc1cccc(NC(=O)C2CCCN2C(=O)C(N)C(C)C)c1C(=O)O. The number of carbonyl (C=O) groups is 3. The van der Waals surface area contributed by atoms with Gasteiger partial charge in [-0.15, -0.1) is 0 Å². The highest BCUT2D eigenvalue weighted by Crippen LogP contribution is 2.24. The average molecular weight is 347 g/mol. The number of carbonyl (C=O) groups excluding carboxylic acids is 2. The molecule has 2 unspecified atom stereocenters. The smallest absolute Gasteiger partial charge is 0.338 e. The maximum atomic E-state index is 12.7. The summed E-state index contributed by atoms with van der Waals surface area (Å²) in [4.78, 5) is 38.1. The third-order valence-corrected chi connectivity index (χ3v) is 4.59. The van der Waals surface area contributed by atoms with Crippen LogP contribution in [0, 0.1) is 12.8 Å². The van der Waals surface area contributed by atoms with E-state index in [1.807, 2.05) is 13.8 Å². The van der Waals surface area contributed by atoms with Crippen molar-refractivity contribution in [3.8, 4) is 0 Å². The van der Waals surface area contributed by atoms with Crippen molar-refractivity contribution in [3.63, 3.8) is 0 Å². The topological polar surface area (TPSA) is 113 Å². The molecule has 0 saturated carbocycles. The summed E-state index contributed by atoms with van der Waals surface area (Å²) in [5.41, 5.74) is 6.80. The van der Waals surface area contributed by atoms with Gasteiger partial charge in [-0.3, -0.25) is 9.59 Å². The first-order valence-electron chi connectivity index (χ1n) is 8.43. The second kappa shape index (κ2) is 7.65. The lowest BCUT2D eigenvalue weighted by molar-refractivity contribution is -0.138. The van der Waals surface area contributed by atoms with E-state index in [2.05, 4.69) is 5.32 Å². The van der Waals surface area contributed by atoms with E-state index in [9.17, 15) is 19.5 Å². The number of aryl methyl sites for hydroxylation is 1. The molecule has 1 aliphatic rings. The van der Waals surface area contributed by atoms with E-state index in [0.29, 0.717) is 24.9 Å². The van der Waals surface area contributed by atoms with E-state index >= 15 is 0 Å². The number of nitrogens with one attached hydrogen (secondary N) is 1. The Morgan fingerprint density at radius 2 is 2.00 bits per heavy atom. The summed E-state index contributed by atoms with van der Waals surface area (Å²) < 4.78 is 0. The Hall–Kier alpha value is -2.41. The zero-order chi connectivity index (χ0) is 18.7. The van der Waals surface area contributed by atoms with E-state index in [1.165, 1.54) is 4.90 Å². The Balaban J connectivity index is 2.19. The molecular weight excluding hydrogens is 322 g/mol. The molecule has 1 aromatic rings. The van der Waals surface area contributed by atoms with Crippen molar-refractivity contribution in [2.24, 2.45) is 11.7 Å². The van der Waals surface area contributed by atoms with Crippen LogP contribution in [0.2, 0.25) is 0 Å².